The van der Waals surface area contributed by atoms with Gasteiger partial charge in [0.25, 0.3) is 0 Å². The molecule has 1 aliphatic rings. The minimum Gasteiger partial charge on any atom is -0.493 e. The Hall–Kier alpha value is -1.38. The quantitative estimate of drug-likeness (QED) is 0.413. The summed E-state index contributed by atoms with van der Waals surface area (Å²) in [6, 6.07) is 3.88. The molecule has 1 N–H and O–H groups in total. The molecule has 1 aliphatic heterocycles. The molecule has 0 aliphatic carbocycles. The number of nitrogens with zero attached hydrogens (tertiary/aromatic N) is 2. The predicted octanol–water partition coefficient (Wildman–Crippen LogP) is 3.14. The van der Waals surface area contributed by atoms with Crippen molar-refractivity contribution < 1.29 is 14.2 Å². The van der Waals surface area contributed by atoms with Crippen molar-refractivity contribution in [1.29, 1.82) is 0 Å². The average molecular weight is 463 g/mol. The first-order valence-electron chi connectivity index (χ1n) is 8.38. The minimum absolute atomic E-state index is 0. The van der Waals surface area contributed by atoms with E-state index in [0.29, 0.717) is 29.7 Å². The van der Waals surface area contributed by atoms with Crippen LogP contribution in [0.25, 0.3) is 0 Å². The van der Waals surface area contributed by atoms with Gasteiger partial charge < -0.3 is 24.4 Å². The molecule has 0 radical (unpaired) electrons. The summed E-state index contributed by atoms with van der Waals surface area (Å²) in [5.74, 6) is 3.59. The highest BCUT2D eigenvalue weighted by atomic mass is 127. The topological polar surface area (TPSA) is 55.3 Å². The molecule has 0 saturated carbocycles. The van der Waals surface area contributed by atoms with Crippen LogP contribution in [0.4, 0.5) is 0 Å². The lowest BCUT2D eigenvalue weighted by Gasteiger charge is -2.33. The number of hydrogen-bond donors (Lipinski definition) is 1. The van der Waals surface area contributed by atoms with E-state index < -0.39 is 0 Å². The molecule has 2 rings (SSSR count). The van der Waals surface area contributed by atoms with Crippen molar-refractivity contribution in [3.63, 3.8) is 0 Å². The molecule has 1 aromatic rings. The highest BCUT2D eigenvalue weighted by molar-refractivity contribution is 14.0. The molecule has 1 fully saturated rings. The van der Waals surface area contributed by atoms with Gasteiger partial charge in [-0.15, -0.1) is 24.0 Å². The predicted molar refractivity (Wildman–Crippen MR) is 112 cm³/mol. The van der Waals surface area contributed by atoms with Gasteiger partial charge >= 0.3 is 0 Å². The van der Waals surface area contributed by atoms with Gasteiger partial charge in [0.15, 0.2) is 17.5 Å². The summed E-state index contributed by atoms with van der Waals surface area (Å²) in [5.41, 5.74) is 1.00. The number of piperidine rings is 1. The van der Waals surface area contributed by atoms with Crippen molar-refractivity contribution in [3.05, 3.63) is 17.7 Å². The number of guanidine groups is 1. The van der Waals surface area contributed by atoms with Crippen LogP contribution < -0.4 is 19.5 Å². The number of likely N-dealkylation sites (tertiary alicyclic amines) is 1. The van der Waals surface area contributed by atoms with E-state index in [2.05, 4.69) is 22.1 Å². The Bertz CT molecular complexity index is 581. The third-order valence-electron chi connectivity index (χ3n) is 4.39. The molecule has 0 spiro atoms. The Kier molecular flexibility index (Phi) is 9.16. The molecule has 1 unspecified atom stereocenters. The molecule has 0 amide bonds. The summed E-state index contributed by atoms with van der Waals surface area (Å²) in [6.45, 7) is 4.99. The maximum absolute atomic E-state index is 5.54. The lowest BCUT2D eigenvalue weighted by Crippen LogP contribution is -2.45. The molecular weight excluding hydrogens is 433 g/mol. The van der Waals surface area contributed by atoms with Gasteiger partial charge in [-0.05, 0) is 30.9 Å². The Labute approximate surface area is 167 Å². The first-order chi connectivity index (χ1) is 11.6. The number of rotatable bonds is 5. The maximum Gasteiger partial charge on any atom is 0.203 e. The third kappa shape index (κ3) is 5.29. The first-order valence-corrected chi connectivity index (χ1v) is 8.38. The SMILES string of the molecule is CN=C(NCc1ccc(OC)c(OC)c1OC)N1CCCC(C)C1.I. The van der Waals surface area contributed by atoms with E-state index in [-0.39, 0.29) is 24.0 Å². The molecule has 142 valence electrons. The van der Waals surface area contributed by atoms with Gasteiger partial charge in [-0.25, -0.2) is 0 Å². The summed E-state index contributed by atoms with van der Waals surface area (Å²) < 4.78 is 16.3. The van der Waals surface area contributed by atoms with E-state index >= 15 is 0 Å². The molecule has 1 atom stereocenters. The number of ether oxygens (including phenoxy) is 3. The number of methoxy groups -OCH3 is 3. The zero-order chi connectivity index (χ0) is 17.5. The number of aliphatic imine (C=N–C) groups is 1. The van der Waals surface area contributed by atoms with Crippen LogP contribution in [0, 0.1) is 5.92 Å². The molecule has 1 saturated heterocycles. The average Bonchev–Trinajstić information content (AvgIpc) is 2.61. The molecule has 1 aromatic carbocycles. The van der Waals surface area contributed by atoms with Crippen molar-refractivity contribution in [2.75, 3.05) is 41.5 Å². The van der Waals surface area contributed by atoms with Crippen LogP contribution in [-0.4, -0.2) is 52.3 Å². The van der Waals surface area contributed by atoms with Crippen LogP contribution in [0.1, 0.15) is 25.3 Å². The zero-order valence-electron chi connectivity index (χ0n) is 15.8. The van der Waals surface area contributed by atoms with Gasteiger partial charge in [0.1, 0.15) is 0 Å². The van der Waals surface area contributed by atoms with Crippen LogP contribution in [-0.2, 0) is 6.54 Å². The first kappa shape index (κ1) is 21.7. The van der Waals surface area contributed by atoms with Crippen LogP contribution >= 0.6 is 24.0 Å². The Morgan fingerprint density at radius 1 is 1.20 bits per heavy atom. The third-order valence-corrected chi connectivity index (χ3v) is 4.39. The van der Waals surface area contributed by atoms with E-state index in [4.69, 9.17) is 14.2 Å². The maximum atomic E-state index is 5.54. The largest absolute Gasteiger partial charge is 0.493 e. The Balaban J connectivity index is 0.00000312. The fourth-order valence-electron chi connectivity index (χ4n) is 3.19. The minimum atomic E-state index is 0. The molecule has 7 heteroatoms. The van der Waals surface area contributed by atoms with E-state index in [1.165, 1.54) is 12.8 Å². The Morgan fingerprint density at radius 3 is 2.48 bits per heavy atom. The second kappa shape index (κ2) is 10.6. The summed E-state index contributed by atoms with van der Waals surface area (Å²) in [7, 11) is 6.70. The fraction of sp³-hybridized carbons (Fsp3) is 0.611. The highest BCUT2D eigenvalue weighted by Gasteiger charge is 2.20. The molecule has 0 bridgehead atoms. The van der Waals surface area contributed by atoms with Gasteiger partial charge in [-0.3, -0.25) is 4.99 Å². The van der Waals surface area contributed by atoms with E-state index in [1.54, 1.807) is 21.3 Å². The van der Waals surface area contributed by atoms with Gasteiger partial charge in [-0.2, -0.15) is 0 Å². The number of nitrogens with one attached hydrogen (secondary N) is 1. The summed E-state index contributed by atoms with van der Waals surface area (Å²) in [5, 5.41) is 3.44. The summed E-state index contributed by atoms with van der Waals surface area (Å²) in [4.78, 5) is 6.75. The van der Waals surface area contributed by atoms with E-state index in [9.17, 15) is 0 Å². The van der Waals surface area contributed by atoms with E-state index in [0.717, 1.165) is 24.6 Å². The number of halogens is 1. The van der Waals surface area contributed by atoms with Gasteiger partial charge in [0.2, 0.25) is 5.75 Å². The molecule has 25 heavy (non-hydrogen) atoms. The molecule has 1 heterocycles. The zero-order valence-corrected chi connectivity index (χ0v) is 18.1. The summed E-state index contributed by atoms with van der Waals surface area (Å²) in [6.07, 6.45) is 2.50. The second-order valence-corrected chi connectivity index (χ2v) is 6.09. The second-order valence-electron chi connectivity index (χ2n) is 6.09. The Morgan fingerprint density at radius 2 is 1.92 bits per heavy atom. The van der Waals surface area contributed by atoms with Crippen molar-refractivity contribution in [1.82, 2.24) is 10.2 Å². The summed E-state index contributed by atoms with van der Waals surface area (Å²) >= 11 is 0. The smallest absolute Gasteiger partial charge is 0.203 e. The lowest BCUT2D eigenvalue weighted by molar-refractivity contribution is 0.265. The van der Waals surface area contributed by atoms with Crippen molar-refractivity contribution in [3.8, 4) is 17.2 Å². The number of benzene rings is 1. The van der Waals surface area contributed by atoms with Crippen LogP contribution in [0.3, 0.4) is 0 Å². The molecule has 0 aromatic heterocycles. The van der Waals surface area contributed by atoms with Crippen LogP contribution in [0.2, 0.25) is 0 Å². The van der Waals surface area contributed by atoms with Crippen molar-refractivity contribution >= 4 is 29.9 Å². The standard InChI is InChI=1S/C18H29N3O3.HI/c1-13-7-6-10-21(12-13)18(19-2)20-11-14-8-9-15(22-3)17(24-5)16(14)23-4;/h8-9,13H,6-7,10-12H2,1-5H3,(H,19,20);1H. The van der Waals surface area contributed by atoms with Crippen LogP contribution in [0.15, 0.2) is 17.1 Å². The van der Waals surface area contributed by atoms with Crippen molar-refractivity contribution in [2.45, 2.75) is 26.3 Å². The fourth-order valence-corrected chi connectivity index (χ4v) is 3.19. The van der Waals surface area contributed by atoms with E-state index in [1.807, 2.05) is 19.2 Å². The molecular formula is C18H30IN3O3. The van der Waals surface area contributed by atoms with Gasteiger partial charge in [0, 0.05) is 32.2 Å². The number of hydrogen-bond acceptors (Lipinski definition) is 4. The van der Waals surface area contributed by atoms with Gasteiger partial charge in [-0.1, -0.05) is 6.92 Å². The normalized spacial score (nSPS) is 17.6. The van der Waals surface area contributed by atoms with Gasteiger partial charge in [0.05, 0.1) is 21.3 Å². The molecule has 6 nitrogen and oxygen atoms in total. The highest BCUT2D eigenvalue weighted by Crippen LogP contribution is 2.39. The monoisotopic (exact) mass is 463 g/mol. The van der Waals surface area contributed by atoms with Crippen molar-refractivity contribution in [2.24, 2.45) is 10.9 Å². The van der Waals surface area contributed by atoms with Crippen LogP contribution in [0.5, 0.6) is 17.2 Å². The lowest BCUT2D eigenvalue weighted by atomic mass is 10.0.